The van der Waals surface area contributed by atoms with E-state index in [1.165, 1.54) is 0 Å². The molecule has 2 N–H and O–H groups in total. The van der Waals surface area contributed by atoms with E-state index in [4.69, 9.17) is 9.84 Å². The highest BCUT2D eigenvalue weighted by atomic mass is 16.5. The minimum absolute atomic E-state index is 0.0722. The maximum absolute atomic E-state index is 10.8. The molecule has 0 unspecified atom stereocenters. The number of carboxylic acids is 1. The van der Waals surface area contributed by atoms with Gasteiger partial charge in [-0.25, -0.2) is 0 Å². The lowest BCUT2D eigenvalue weighted by Crippen LogP contribution is -2.20. The summed E-state index contributed by atoms with van der Waals surface area (Å²) in [6, 6.07) is 7.63. The standard InChI is InChI=1S/C16H25NO3/c1-13(2)7-9-20-10-8-17-12-15-6-4-3-5-14(15)11-16(18)19/h3-6,13,17H,7-12H2,1-2H3,(H,18,19). The molecule has 1 aromatic rings. The molecule has 0 aliphatic heterocycles. The van der Waals surface area contributed by atoms with Crippen molar-refractivity contribution in [1.29, 1.82) is 0 Å². The second-order valence-corrected chi connectivity index (χ2v) is 5.31. The van der Waals surface area contributed by atoms with E-state index in [0.29, 0.717) is 19.1 Å². The van der Waals surface area contributed by atoms with E-state index in [1.54, 1.807) is 0 Å². The minimum atomic E-state index is -0.797. The summed E-state index contributed by atoms with van der Waals surface area (Å²) in [5.41, 5.74) is 1.91. The van der Waals surface area contributed by atoms with Gasteiger partial charge in [0.15, 0.2) is 0 Å². The van der Waals surface area contributed by atoms with Crippen molar-refractivity contribution in [1.82, 2.24) is 5.32 Å². The average Bonchev–Trinajstić information content (AvgIpc) is 2.38. The van der Waals surface area contributed by atoms with Crippen LogP contribution in [-0.4, -0.2) is 30.8 Å². The van der Waals surface area contributed by atoms with Crippen LogP contribution in [0.3, 0.4) is 0 Å². The van der Waals surface area contributed by atoms with Gasteiger partial charge in [0.25, 0.3) is 0 Å². The smallest absolute Gasteiger partial charge is 0.307 e. The molecule has 0 fully saturated rings. The number of rotatable bonds is 10. The van der Waals surface area contributed by atoms with Crippen molar-refractivity contribution in [3.63, 3.8) is 0 Å². The zero-order valence-electron chi connectivity index (χ0n) is 12.4. The van der Waals surface area contributed by atoms with Gasteiger partial charge in [-0.2, -0.15) is 0 Å². The van der Waals surface area contributed by atoms with Gasteiger partial charge in [-0.3, -0.25) is 4.79 Å². The Balaban J connectivity index is 2.23. The molecule has 0 heterocycles. The topological polar surface area (TPSA) is 58.6 Å². The Morgan fingerprint density at radius 3 is 2.60 bits per heavy atom. The predicted molar refractivity (Wildman–Crippen MR) is 79.8 cm³/mol. The number of carboxylic acid groups (broad SMARTS) is 1. The first-order valence-electron chi connectivity index (χ1n) is 7.16. The molecule has 0 aliphatic carbocycles. The van der Waals surface area contributed by atoms with Crippen LogP contribution in [0.4, 0.5) is 0 Å². The minimum Gasteiger partial charge on any atom is -0.481 e. The van der Waals surface area contributed by atoms with Gasteiger partial charge in [0, 0.05) is 19.7 Å². The number of carbonyl (C=O) groups is 1. The lowest BCUT2D eigenvalue weighted by atomic mass is 10.0. The fraction of sp³-hybridized carbons (Fsp3) is 0.562. The van der Waals surface area contributed by atoms with Crippen LogP contribution in [0.25, 0.3) is 0 Å². The Labute approximate surface area is 121 Å². The first kappa shape index (κ1) is 16.7. The second-order valence-electron chi connectivity index (χ2n) is 5.31. The van der Waals surface area contributed by atoms with Gasteiger partial charge < -0.3 is 15.2 Å². The van der Waals surface area contributed by atoms with Crippen LogP contribution < -0.4 is 5.32 Å². The molecule has 0 radical (unpaired) electrons. The van der Waals surface area contributed by atoms with Gasteiger partial charge >= 0.3 is 5.97 Å². The van der Waals surface area contributed by atoms with Crippen molar-refractivity contribution < 1.29 is 14.6 Å². The first-order chi connectivity index (χ1) is 9.59. The van der Waals surface area contributed by atoms with Crippen LogP contribution >= 0.6 is 0 Å². The van der Waals surface area contributed by atoms with Crippen molar-refractivity contribution >= 4 is 5.97 Å². The molecule has 0 spiro atoms. The van der Waals surface area contributed by atoms with E-state index in [9.17, 15) is 4.79 Å². The van der Waals surface area contributed by atoms with Gasteiger partial charge in [-0.1, -0.05) is 38.1 Å². The molecule has 0 saturated carbocycles. The summed E-state index contributed by atoms with van der Waals surface area (Å²) in [6.45, 7) is 7.31. The highest BCUT2D eigenvalue weighted by Gasteiger charge is 2.05. The molecule has 112 valence electrons. The highest BCUT2D eigenvalue weighted by molar-refractivity contribution is 5.70. The molecule has 0 aromatic heterocycles. The lowest BCUT2D eigenvalue weighted by molar-refractivity contribution is -0.136. The molecular weight excluding hydrogens is 254 g/mol. The van der Waals surface area contributed by atoms with Gasteiger partial charge in [0.1, 0.15) is 0 Å². The number of aliphatic carboxylic acids is 1. The molecule has 0 aliphatic rings. The largest absolute Gasteiger partial charge is 0.481 e. The Kier molecular flexibility index (Phi) is 7.92. The molecule has 4 nitrogen and oxygen atoms in total. The maximum atomic E-state index is 10.8. The van der Waals surface area contributed by atoms with Crippen molar-refractivity contribution in [2.24, 2.45) is 5.92 Å². The van der Waals surface area contributed by atoms with E-state index in [0.717, 1.165) is 30.7 Å². The quantitative estimate of drug-likeness (QED) is 0.646. The number of benzene rings is 1. The van der Waals surface area contributed by atoms with E-state index in [1.807, 2.05) is 24.3 Å². The monoisotopic (exact) mass is 279 g/mol. The fourth-order valence-corrected chi connectivity index (χ4v) is 1.85. The molecular formula is C16H25NO3. The van der Waals surface area contributed by atoms with E-state index < -0.39 is 5.97 Å². The zero-order chi connectivity index (χ0) is 14.8. The van der Waals surface area contributed by atoms with Gasteiger partial charge in [0.05, 0.1) is 13.0 Å². The van der Waals surface area contributed by atoms with Crippen LogP contribution in [0.5, 0.6) is 0 Å². The summed E-state index contributed by atoms with van der Waals surface area (Å²) in [6.07, 6.45) is 1.16. The SMILES string of the molecule is CC(C)CCOCCNCc1ccccc1CC(=O)O. The highest BCUT2D eigenvalue weighted by Crippen LogP contribution is 2.09. The summed E-state index contributed by atoms with van der Waals surface area (Å²) in [5, 5.41) is 12.1. The summed E-state index contributed by atoms with van der Waals surface area (Å²) < 4.78 is 5.52. The summed E-state index contributed by atoms with van der Waals surface area (Å²) >= 11 is 0. The van der Waals surface area contributed by atoms with Crippen LogP contribution in [0.15, 0.2) is 24.3 Å². The van der Waals surface area contributed by atoms with Crippen molar-refractivity contribution in [3.05, 3.63) is 35.4 Å². The fourth-order valence-electron chi connectivity index (χ4n) is 1.85. The Hall–Kier alpha value is -1.39. The average molecular weight is 279 g/mol. The Morgan fingerprint density at radius 1 is 1.25 bits per heavy atom. The van der Waals surface area contributed by atoms with E-state index in [2.05, 4.69) is 19.2 Å². The number of hydrogen-bond donors (Lipinski definition) is 2. The molecule has 4 heteroatoms. The van der Waals surface area contributed by atoms with Crippen LogP contribution in [0.1, 0.15) is 31.4 Å². The van der Waals surface area contributed by atoms with E-state index in [-0.39, 0.29) is 6.42 Å². The third-order valence-corrected chi connectivity index (χ3v) is 3.04. The van der Waals surface area contributed by atoms with Crippen molar-refractivity contribution in [2.75, 3.05) is 19.8 Å². The summed E-state index contributed by atoms with van der Waals surface area (Å²) in [7, 11) is 0. The number of nitrogens with one attached hydrogen (secondary N) is 1. The normalized spacial score (nSPS) is 10.9. The molecule has 1 rings (SSSR count). The van der Waals surface area contributed by atoms with Gasteiger partial charge in [0.2, 0.25) is 0 Å². The van der Waals surface area contributed by atoms with Crippen molar-refractivity contribution in [2.45, 2.75) is 33.2 Å². The van der Waals surface area contributed by atoms with Crippen LogP contribution in [0.2, 0.25) is 0 Å². The van der Waals surface area contributed by atoms with Crippen LogP contribution in [-0.2, 0) is 22.5 Å². The molecule has 1 aromatic carbocycles. The Morgan fingerprint density at radius 2 is 1.95 bits per heavy atom. The molecule has 20 heavy (non-hydrogen) atoms. The zero-order valence-corrected chi connectivity index (χ0v) is 12.4. The summed E-state index contributed by atoms with van der Waals surface area (Å²) in [5.74, 6) is -0.125. The molecule has 0 atom stereocenters. The van der Waals surface area contributed by atoms with E-state index >= 15 is 0 Å². The number of ether oxygens (including phenoxy) is 1. The first-order valence-corrected chi connectivity index (χ1v) is 7.16. The summed E-state index contributed by atoms with van der Waals surface area (Å²) in [4.78, 5) is 10.8. The third kappa shape index (κ3) is 7.26. The van der Waals surface area contributed by atoms with Gasteiger partial charge in [-0.15, -0.1) is 0 Å². The third-order valence-electron chi connectivity index (χ3n) is 3.04. The predicted octanol–water partition coefficient (Wildman–Crippen LogP) is 2.47. The van der Waals surface area contributed by atoms with Crippen molar-refractivity contribution in [3.8, 4) is 0 Å². The second kappa shape index (κ2) is 9.50. The number of hydrogen-bond acceptors (Lipinski definition) is 3. The van der Waals surface area contributed by atoms with Crippen LogP contribution in [0, 0.1) is 5.92 Å². The molecule has 0 amide bonds. The molecule has 0 saturated heterocycles. The lowest BCUT2D eigenvalue weighted by Gasteiger charge is -2.10. The molecule has 0 bridgehead atoms. The Bertz CT molecular complexity index is 404. The maximum Gasteiger partial charge on any atom is 0.307 e. The van der Waals surface area contributed by atoms with Gasteiger partial charge in [-0.05, 0) is 23.5 Å².